The number of amides is 1. The lowest BCUT2D eigenvalue weighted by molar-refractivity contribution is -0.125. The molecular formula is C15H16N2O. The fourth-order valence-electron chi connectivity index (χ4n) is 3.01. The molecule has 3 heteroatoms. The molecule has 18 heavy (non-hydrogen) atoms. The average Bonchev–Trinajstić information content (AvgIpc) is 3.02. The van der Waals surface area contributed by atoms with Crippen LogP contribution < -0.4 is 5.32 Å². The van der Waals surface area contributed by atoms with Gasteiger partial charge >= 0.3 is 0 Å². The van der Waals surface area contributed by atoms with Gasteiger partial charge in [-0.1, -0.05) is 12.1 Å². The lowest BCUT2D eigenvalue weighted by Gasteiger charge is -2.12. The Kier molecular flexibility index (Phi) is 2.79. The molecule has 2 saturated carbocycles. The van der Waals surface area contributed by atoms with Crippen molar-refractivity contribution in [2.75, 3.05) is 0 Å². The molecule has 0 aromatic heterocycles. The van der Waals surface area contributed by atoms with E-state index in [4.69, 9.17) is 5.26 Å². The first kappa shape index (κ1) is 11.3. The zero-order chi connectivity index (χ0) is 12.5. The second-order valence-electron chi connectivity index (χ2n) is 5.45. The molecule has 92 valence electrons. The molecule has 2 fully saturated rings. The molecule has 0 saturated heterocycles. The molecule has 1 aromatic rings. The van der Waals surface area contributed by atoms with Crippen molar-refractivity contribution in [3.63, 3.8) is 0 Å². The third-order valence-electron chi connectivity index (χ3n) is 4.14. The smallest absolute Gasteiger partial charge is 0.223 e. The van der Waals surface area contributed by atoms with Crippen molar-refractivity contribution in [3.05, 3.63) is 35.4 Å². The Balaban J connectivity index is 1.54. The van der Waals surface area contributed by atoms with Crippen LogP contribution in [0.3, 0.4) is 0 Å². The van der Waals surface area contributed by atoms with E-state index in [0.717, 1.165) is 30.2 Å². The van der Waals surface area contributed by atoms with Gasteiger partial charge in [0.15, 0.2) is 0 Å². The van der Waals surface area contributed by atoms with E-state index >= 15 is 0 Å². The normalized spacial score (nSPS) is 28.3. The van der Waals surface area contributed by atoms with Gasteiger partial charge in [-0.15, -0.1) is 0 Å². The van der Waals surface area contributed by atoms with Crippen LogP contribution in [0.1, 0.15) is 30.4 Å². The first-order chi connectivity index (χ1) is 8.76. The van der Waals surface area contributed by atoms with Crippen LogP contribution in [0.5, 0.6) is 0 Å². The summed E-state index contributed by atoms with van der Waals surface area (Å²) in [5, 5.41) is 11.8. The van der Waals surface area contributed by atoms with Crippen LogP contribution in [0.15, 0.2) is 24.3 Å². The quantitative estimate of drug-likeness (QED) is 0.880. The van der Waals surface area contributed by atoms with Crippen LogP contribution in [0.2, 0.25) is 0 Å². The van der Waals surface area contributed by atoms with E-state index in [-0.39, 0.29) is 11.8 Å². The third-order valence-corrected chi connectivity index (χ3v) is 4.14. The highest BCUT2D eigenvalue weighted by molar-refractivity contribution is 5.79. The standard InChI is InChI=1S/C15H16N2O/c16-8-10-2-1-3-11(4-10)9-17-15(18)14-6-12-5-13(12)7-14/h1-4,12-14H,5-7,9H2,(H,17,18). The maximum Gasteiger partial charge on any atom is 0.223 e. The van der Waals surface area contributed by atoms with Crippen molar-refractivity contribution >= 4 is 5.91 Å². The zero-order valence-electron chi connectivity index (χ0n) is 10.2. The average molecular weight is 240 g/mol. The van der Waals surface area contributed by atoms with Gasteiger partial charge in [0.1, 0.15) is 0 Å². The van der Waals surface area contributed by atoms with Gasteiger partial charge in [0.2, 0.25) is 5.91 Å². The van der Waals surface area contributed by atoms with Gasteiger partial charge in [-0.25, -0.2) is 0 Å². The Morgan fingerprint density at radius 1 is 1.33 bits per heavy atom. The second kappa shape index (κ2) is 4.45. The Hall–Kier alpha value is -1.82. The summed E-state index contributed by atoms with van der Waals surface area (Å²) in [6.07, 6.45) is 3.50. The summed E-state index contributed by atoms with van der Waals surface area (Å²) in [6, 6.07) is 9.50. The fourth-order valence-corrected chi connectivity index (χ4v) is 3.01. The minimum Gasteiger partial charge on any atom is -0.352 e. The van der Waals surface area contributed by atoms with Crippen molar-refractivity contribution in [2.45, 2.75) is 25.8 Å². The molecule has 2 aliphatic carbocycles. The van der Waals surface area contributed by atoms with Gasteiger partial charge in [0.25, 0.3) is 0 Å². The highest BCUT2D eigenvalue weighted by atomic mass is 16.1. The van der Waals surface area contributed by atoms with Crippen LogP contribution in [0, 0.1) is 29.1 Å². The number of nitrogens with zero attached hydrogens (tertiary/aromatic N) is 1. The number of hydrogen-bond donors (Lipinski definition) is 1. The maximum absolute atomic E-state index is 12.0. The van der Waals surface area contributed by atoms with E-state index in [2.05, 4.69) is 11.4 Å². The highest BCUT2D eigenvalue weighted by Gasteiger charge is 2.47. The number of fused-ring (bicyclic) bond motifs is 1. The van der Waals surface area contributed by atoms with E-state index < -0.39 is 0 Å². The number of benzene rings is 1. The predicted molar refractivity (Wildman–Crippen MR) is 67.3 cm³/mol. The van der Waals surface area contributed by atoms with Gasteiger partial charge in [-0.3, -0.25) is 4.79 Å². The summed E-state index contributed by atoms with van der Waals surface area (Å²) >= 11 is 0. The molecule has 0 aliphatic heterocycles. The highest BCUT2D eigenvalue weighted by Crippen LogP contribution is 2.54. The fraction of sp³-hybridized carbons (Fsp3) is 0.467. The van der Waals surface area contributed by atoms with Crippen LogP contribution in [0.25, 0.3) is 0 Å². The predicted octanol–water partition coefficient (Wildman–Crippen LogP) is 2.22. The van der Waals surface area contributed by atoms with E-state index in [1.54, 1.807) is 6.07 Å². The molecule has 1 aromatic carbocycles. The van der Waals surface area contributed by atoms with Gasteiger partial charge in [-0.2, -0.15) is 5.26 Å². The third kappa shape index (κ3) is 2.24. The van der Waals surface area contributed by atoms with Crippen LogP contribution in [0.4, 0.5) is 0 Å². The molecule has 2 aliphatic rings. The molecule has 2 atom stereocenters. The van der Waals surface area contributed by atoms with Gasteiger partial charge in [-0.05, 0) is 48.8 Å². The molecule has 0 heterocycles. The molecule has 0 spiro atoms. The number of carbonyl (C=O) groups is 1. The molecule has 3 nitrogen and oxygen atoms in total. The molecule has 1 N–H and O–H groups in total. The second-order valence-corrected chi connectivity index (χ2v) is 5.45. The summed E-state index contributed by atoms with van der Waals surface area (Å²) in [5.41, 5.74) is 1.63. The van der Waals surface area contributed by atoms with Crippen molar-refractivity contribution in [3.8, 4) is 6.07 Å². The van der Waals surface area contributed by atoms with Gasteiger partial charge in [0.05, 0.1) is 11.6 Å². The summed E-state index contributed by atoms with van der Waals surface area (Å²) in [4.78, 5) is 12.0. The Morgan fingerprint density at radius 3 is 2.83 bits per heavy atom. The summed E-state index contributed by atoms with van der Waals surface area (Å²) < 4.78 is 0. The molecule has 0 radical (unpaired) electrons. The van der Waals surface area contributed by atoms with Gasteiger partial charge in [0, 0.05) is 12.5 Å². The maximum atomic E-state index is 12.0. The number of rotatable bonds is 3. The van der Waals surface area contributed by atoms with E-state index in [1.807, 2.05) is 18.2 Å². The van der Waals surface area contributed by atoms with Crippen LogP contribution >= 0.6 is 0 Å². The first-order valence-corrected chi connectivity index (χ1v) is 6.53. The van der Waals surface area contributed by atoms with E-state index in [9.17, 15) is 4.79 Å². The van der Waals surface area contributed by atoms with Crippen molar-refractivity contribution in [1.29, 1.82) is 5.26 Å². The lowest BCUT2D eigenvalue weighted by Crippen LogP contribution is -2.29. The number of carbonyl (C=O) groups excluding carboxylic acids is 1. The molecular weight excluding hydrogens is 224 g/mol. The number of hydrogen-bond acceptors (Lipinski definition) is 2. The summed E-state index contributed by atoms with van der Waals surface area (Å²) in [6.45, 7) is 0.528. The van der Waals surface area contributed by atoms with E-state index in [1.165, 1.54) is 6.42 Å². The largest absolute Gasteiger partial charge is 0.352 e. The molecule has 0 bridgehead atoms. The number of nitrogens with one attached hydrogen (secondary N) is 1. The first-order valence-electron chi connectivity index (χ1n) is 6.53. The van der Waals surface area contributed by atoms with E-state index in [0.29, 0.717) is 12.1 Å². The Bertz CT molecular complexity index is 507. The molecule has 3 rings (SSSR count). The monoisotopic (exact) mass is 240 g/mol. The Labute approximate surface area is 107 Å². The minimum absolute atomic E-state index is 0.185. The SMILES string of the molecule is N#Cc1cccc(CNC(=O)C2CC3CC3C2)c1. The van der Waals surface area contributed by atoms with Crippen molar-refractivity contribution in [1.82, 2.24) is 5.32 Å². The van der Waals surface area contributed by atoms with Crippen molar-refractivity contribution in [2.24, 2.45) is 17.8 Å². The number of nitriles is 1. The van der Waals surface area contributed by atoms with Crippen molar-refractivity contribution < 1.29 is 4.79 Å². The van der Waals surface area contributed by atoms with Gasteiger partial charge < -0.3 is 5.32 Å². The molecule has 1 amide bonds. The zero-order valence-corrected chi connectivity index (χ0v) is 10.2. The lowest BCUT2D eigenvalue weighted by atomic mass is 10.0. The molecule has 2 unspecified atom stereocenters. The topological polar surface area (TPSA) is 52.9 Å². The Morgan fingerprint density at radius 2 is 2.11 bits per heavy atom. The van der Waals surface area contributed by atoms with Crippen LogP contribution in [-0.2, 0) is 11.3 Å². The summed E-state index contributed by atoms with van der Waals surface area (Å²) in [7, 11) is 0. The summed E-state index contributed by atoms with van der Waals surface area (Å²) in [5.74, 6) is 2.09. The van der Waals surface area contributed by atoms with Crippen LogP contribution in [-0.4, -0.2) is 5.91 Å². The minimum atomic E-state index is 0.185.